The van der Waals surface area contributed by atoms with E-state index in [1.807, 2.05) is 19.9 Å². The van der Waals surface area contributed by atoms with Crippen molar-refractivity contribution < 1.29 is 23.9 Å². The first kappa shape index (κ1) is 23.7. The average Bonchev–Trinajstić information content (AvgIpc) is 3.34. The first-order valence-corrected chi connectivity index (χ1v) is 10.9. The molecular weight excluding hydrogens is 442 g/mol. The van der Waals surface area contributed by atoms with Crippen molar-refractivity contribution in [1.29, 1.82) is 0 Å². The molecule has 4 amide bonds. The summed E-state index contributed by atoms with van der Waals surface area (Å²) in [5.74, 6) is -1.85. The van der Waals surface area contributed by atoms with Gasteiger partial charge in [-0.2, -0.15) is 0 Å². The molecule has 0 aliphatic carbocycles. The summed E-state index contributed by atoms with van der Waals surface area (Å²) in [6.07, 6.45) is 0. The molecule has 33 heavy (non-hydrogen) atoms. The molecule has 0 saturated heterocycles. The molecule has 0 unspecified atom stereocenters. The number of carbonyl (C=O) groups excluding carboxylic acids is 4. The molecule has 3 rings (SSSR count). The van der Waals surface area contributed by atoms with Gasteiger partial charge in [0.05, 0.1) is 16.1 Å². The zero-order valence-corrected chi connectivity index (χ0v) is 19.2. The Bertz CT molecular complexity index is 1190. The van der Waals surface area contributed by atoms with Crippen LogP contribution in [0.1, 0.15) is 31.2 Å². The number of nitrogens with zero attached hydrogens (tertiary/aromatic N) is 1. The molecule has 0 saturated carbocycles. The highest BCUT2D eigenvalue weighted by Crippen LogP contribution is 2.23. The molecule has 170 valence electrons. The fraction of sp³-hybridized carbons (Fsp3) is 0.167. The summed E-state index contributed by atoms with van der Waals surface area (Å²) < 4.78 is 5.08. The van der Waals surface area contributed by atoms with Gasteiger partial charge < -0.3 is 15.0 Å². The molecule has 0 radical (unpaired) electrons. The number of nitrogens with one attached hydrogen (secondary N) is 2. The van der Waals surface area contributed by atoms with Crippen LogP contribution in [-0.4, -0.2) is 37.5 Å². The number of para-hydroxylation sites is 1. The van der Waals surface area contributed by atoms with Gasteiger partial charge in [0.1, 0.15) is 0 Å². The largest absolute Gasteiger partial charge is 0.452 e. The SMILES string of the molecule is Cc1cccc(NC(=O)NC(=O)COC(=O)c2ccccc2N(C)C(=O)c2cccs2)c1C. The minimum Gasteiger partial charge on any atom is -0.452 e. The number of amides is 4. The Morgan fingerprint density at radius 3 is 2.45 bits per heavy atom. The van der Waals surface area contributed by atoms with Gasteiger partial charge in [-0.25, -0.2) is 9.59 Å². The Kier molecular flexibility index (Phi) is 7.57. The van der Waals surface area contributed by atoms with Crippen molar-refractivity contribution in [3.8, 4) is 0 Å². The molecule has 1 heterocycles. The van der Waals surface area contributed by atoms with Gasteiger partial charge in [-0.1, -0.05) is 30.3 Å². The second kappa shape index (κ2) is 10.6. The molecular formula is C24H23N3O5S. The van der Waals surface area contributed by atoms with Crippen LogP contribution in [0.25, 0.3) is 0 Å². The second-order valence-corrected chi connectivity index (χ2v) is 8.13. The van der Waals surface area contributed by atoms with E-state index in [1.54, 1.807) is 54.9 Å². The van der Waals surface area contributed by atoms with Crippen LogP contribution in [0.5, 0.6) is 0 Å². The Labute approximate surface area is 195 Å². The summed E-state index contributed by atoms with van der Waals surface area (Å²) in [5, 5.41) is 6.51. The smallest absolute Gasteiger partial charge is 0.340 e. The fourth-order valence-corrected chi connectivity index (χ4v) is 3.72. The number of thiophene rings is 1. The van der Waals surface area contributed by atoms with E-state index in [9.17, 15) is 19.2 Å². The van der Waals surface area contributed by atoms with Crippen LogP contribution in [0, 0.1) is 13.8 Å². The first-order valence-electron chi connectivity index (χ1n) is 10.0. The van der Waals surface area contributed by atoms with Gasteiger partial charge >= 0.3 is 12.0 Å². The minimum absolute atomic E-state index is 0.123. The summed E-state index contributed by atoms with van der Waals surface area (Å²) in [6, 6.07) is 14.6. The Hall–Kier alpha value is -3.98. The number of hydrogen-bond donors (Lipinski definition) is 2. The van der Waals surface area contributed by atoms with Crippen LogP contribution in [0.4, 0.5) is 16.2 Å². The van der Waals surface area contributed by atoms with E-state index in [-0.39, 0.29) is 11.5 Å². The molecule has 3 aromatic rings. The second-order valence-electron chi connectivity index (χ2n) is 7.18. The highest BCUT2D eigenvalue weighted by atomic mass is 32.1. The van der Waals surface area contributed by atoms with Crippen molar-refractivity contribution in [1.82, 2.24) is 5.32 Å². The lowest BCUT2D eigenvalue weighted by atomic mass is 10.1. The summed E-state index contributed by atoms with van der Waals surface area (Å²) >= 11 is 1.29. The molecule has 2 aromatic carbocycles. The quantitative estimate of drug-likeness (QED) is 0.532. The number of anilines is 2. The fourth-order valence-electron chi connectivity index (χ4n) is 3.03. The maximum atomic E-state index is 12.6. The summed E-state index contributed by atoms with van der Waals surface area (Å²) in [7, 11) is 1.55. The number of esters is 1. The normalized spacial score (nSPS) is 10.3. The molecule has 1 aromatic heterocycles. The van der Waals surface area contributed by atoms with Crippen molar-refractivity contribution in [2.75, 3.05) is 23.9 Å². The number of aryl methyl sites for hydroxylation is 1. The van der Waals surface area contributed by atoms with E-state index < -0.39 is 24.5 Å². The molecule has 0 spiro atoms. The van der Waals surface area contributed by atoms with E-state index in [2.05, 4.69) is 10.6 Å². The van der Waals surface area contributed by atoms with E-state index in [0.717, 1.165) is 11.1 Å². The lowest BCUT2D eigenvalue weighted by Crippen LogP contribution is -2.37. The van der Waals surface area contributed by atoms with Crippen molar-refractivity contribution in [2.24, 2.45) is 0 Å². The average molecular weight is 466 g/mol. The number of ether oxygens (including phenoxy) is 1. The third-order valence-corrected chi connectivity index (χ3v) is 5.82. The molecule has 9 heteroatoms. The first-order chi connectivity index (χ1) is 15.8. The zero-order valence-electron chi connectivity index (χ0n) is 18.4. The number of carbonyl (C=O) groups is 4. The maximum absolute atomic E-state index is 12.6. The molecule has 2 N–H and O–H groups in total. The summed E-state index contributed by atoms with van der Waals surface area (Å²) in [6.45, 7) is 3.11. The van der Waals surface area contributed by atoms with Gasteiger partial charge in [-0.15, -0.1) is 11.3 Å². The predicted molar refractivity (Wildman–Crippen MR) is 127 cm³/mol. The number of hydrogen-bond acceptors (Lipinski definition) is 6. The van der Waals surface area contributed by atoms with Gasteiger partial charge in [0.25, 0.3) is 11.8 Å². The minimum atomic E-state index is -0.790. The summed E-state index contributed by atoms with van der Waals surface area (Å²) in [5.41, 5.74) is 2.91. The van der Waals surface area contributed by atoms with Crippen LogP contribution in [0.3, 0.4) is 0 Å². The summed E-state index contributed by atoms with van der Waals surface area (Å²) in [4.78, 5) is 51.3. The number of imide groups is 1. The standard InChI is InChI=1S/C24H23N3O5S/c1-15-8-6-10-18(16(15)2)25-24(31)26-21(28)14-32-23(30)17-9-4-5-11-19(17)27(3)22(29)20-12-7-13-33-20/h4-13H,14H2,1-3H3,(H2,25,26,28,31). The van der Waals surface area contributed by atoms with Crippen LogP contribution >= 0.6 is 11.3 Å². The molecule has 0 fully saturated rings. The van der Waals surface area contributed by atoms with Crippen LogP contribution in [0.15, 0.2) is 60.0 Å². The molecule has 8 nitrogen and oxygen atoms in total. The molecule has 0 aliphatic rings. The third kappa shape index (κ3) is 5.83. The maximum Gasteiger partial charge on any atom is 0.340 e. The Morgan fingerprint density at radius 2 is 1.73 bits per heavy atom. The Balaban J connectivity index is 1.59. The topological polar surface area (TPSA) is 105 Å². The van der Waals surface area contributed by atoms with Gasteiger partial charge in [-0.05, 0) is 54.6 Å². The van der Waals surface area contributed by atoms with Gasteiger partial charge in [0.2, 0.25) is 0 Å². The number of benzene rings is 2. The number of rotatable bonds is 6. The molecule has 0 atom stereocenters. The lowest BCUT2D eigenvalue weighted by molar-refractivity contribution is -0.123. The van der Waals surface area contributed by atoms with Crippen molar-refractivity contribution in [3.05, 3.63) is 81.5 Å². The molecule has 0 aliphatic heterocycles. The highest BCUT2D eigenvalue weighted by molar-refractivity contribution is 7.12. The molecule has 0 bridgehead atoms. The van der Waals surface area contributed by atoms with Gasteiger partial charge in [-0.3, -0.25) is 14.9 Å². The Morgan fingerprint density at radius 1 is 0.970 bits per heavy atom. The van der Waals surface area contributed by atoms with Crippen LogP contribution in [-0.2, 0) is 9.53 Å². The van der Waals surface area contributed by atoms with E-state index in [1.165, 1.54) is 22.3 Å². The predicted octanol–water partition coefficient (Wildman–Crippen LogP) is 4.15. The third-order valence-electron chi connectivity index (χ3n) is 4.96. The zero-order chi connectivity index (χ0) is 24.0. The van der Waals surface area contributed by atoms with Crippen molar-refractivity contribution >= 4 is 46.5 Å². The van der Waals surface area contributed by atoms with Crippen molar-refractivity contribution in [2.45, 2.75) is 13.8 Å². The number of urea groups is 1. The lowest BCUT2D eigenvalue weighted by Gasteiger charge is -2.19. The van der Waals surface area contributed by atoms with Crippen LogP contribution in [0.2, 0.25) is 0 Å². The van der Waals surface area contributed by atoms with E-state index in [0.29, 0.717) is 16.3 Å². The van der Waals surface area contributed by atoms with Gasteiger partial charge in [0.15, 0.2) is 6.61 Å². The van der Waals surface area contributed by atoms with Crippen molar-refractivity contribution in [3.63, 3.8) is 0 Å². The monoisotopic (exact) mass is 465 g/mol. The van der Waals surface area contributed by atoms with Crippen LogP contribution < -0.4 is 15.5 Å². The highest BCUT2D eigenvalue weighted by Gasteiger charge is 2.22. The van der Waals surface area contributed by atoms with E-state index >= 15 is 0 Å². The van der Waals surface area contributed by atoms with Gasteiger partial charge in [0, 0.05) is 12.7 Å². The van der Waals surface area contributed by atoms with E-state index in [4.69, 9.17) is 4.74 Å².